The van der Waals surface area contributed by atoms with Gasteiger partial charge >= 0.3 is 5.97 Å². The number of carbonyl (C=O) groups is 1. The second kappa shape index (κ2) is 4.45. The van der Waals surface area contributed by atoms with Crippen LogP contribution in [0.4, 0.5) is 0 Å². The second-order valence-electron chi connectivity index (χ2n) is 1.96. The second-order valence-corrected chi connectivity index (χ2v) is 1.96. The van der Waals surface area contributed by atoms with E-state index in [1.54, 1.807) is 0 Å². The van der Waals surface area contributed by atoms with Crippen LogP contribution in [0.2, 0.25) is 0 Å². The van der Waals surface area contributed by atoms with Crippen molar-refractivity contribution < 1.29 is 9.90 Å². The minimum Gasteiger partial charge on any atom is -0.480 e. The molecule has 5 heteroatoms. The summed E-state index contributed by atoms with van der Waals surface area (Å²) >= 11 is 0. The van der Waals surface area contributed by atoms with E-state index in [0.717, 1.165) is 0 Å². The van der Waals surface area contributed by atoms with Gasteiger partial charge in [-0.1, -0.05) is 0 Å². The van der Waals surface area contributed by atoms with Crippen LogP contribution in [0.3, 0.4) is 0 Å². The maximum absolute atomic E-state index is 10.2. The van der Waals surface area contributed by atoms with E-state index in [1.165, 1.54) is 6.20 Å². The van der Waals surface area contributed by atoms with Gasteiger partial charge in [-0.25, -0.2) is 0 Å². The number of aliphatic carboxylic acids is 1. The zero-order valence-electron chi connectivity index (χ0n) is 6.03. The van der Waals surface area contributed by atoms with Crippen molar-refractivity contribution in [3.05, 3.63) is 11.9 Å². The molecule has 1 atom stereocenters. The van der Waals surface area contributed by atoms with Crippen LogP contribution in [0.1, 0.15) is 6.42 Å². The normalized spacial score (nSPS) is 14.1. The number of rotatable bonds is 4. The van der Waals surface area contributed by atoms with Gasteiger partial charge in [-0.3, -0.25) is 9.79 Å². The highest BCUT2D eigenvalue weighted by Crippen LogP contribution is 2.02. The first-order valence-corrected chi connectivity index (χ1v) is 2.97. The lowest BCUT2D eigenvalue weighted by Crippen LogP contribution is -2.30. The van der Waals surface area contributed by atoms with E-state index in [1.807, 2.05) is 0 Å². The average molecular weight is 157 g/mol. The summed E-state index contributed by atoms with van der Waals surface area (Å²) in [5.74, 6) is -1.08. The van der Waals surface area contributed by atoms with E-state index in [9.17, 15) is 4.79 Å². The van der Waals surface area contributed by atoms with Gasteiger partial charge in [0.1, 0.15) is 6.04 Å². The maximum Gasteiger partial charge on any atom is 0.320 e. The molecule has 0 fully saturated rings. The van der Waals surface area contributed by atoms with E-state index >= 15 is 0 Å². The monoisotopic (exact) mass is 157 g/mol. The summed E-state index contributed by atoms with van der Waals surface area (Å²) < 4.78 is 0. The smallest absolute Gasteiger partial charge is 0.320 e. The van der Waals surface area contributed by atoms with E-state index in [2.05, 4.69) is 11.7 Å². The van der Waals surface area contributed by atoms with Crippen LogP contribution >= 0.6 is 0 Å². The van der Waals surface area contributed by atoms with Gasteiger partial charge in [0.2, 0.25) is 0 Å². The van der Waals surface area contributed by atoms with Crippen LogP contribution in [-0.4, -0.2) is 23.8 Å². The predicted molar refractivity (Wildman–Crippen MR) is 42.0 cm³/mol. The highest BCUT2D eigenvalue weighted by atomic mass is 16.4. The highest BCUT2D eigenvalue weighted by Gasteiger charge is 2.12. The fourth-order valence-corrected chi connectivity index (χ4v) is 0.498. The van der Waals surface area contributed by atoms with Crippen LogP contribution in [0.5, 0.6) is 0 Å². The van der Waals surface area contributed by atoms with Crippen LogP contribution in [0.15, 0.2) is 16.9 Å². The standard InChI is InChI=1S/C6H11N3O2/c1-9-4(3-7)2-5(8)6(10)11/h3,5H,1-2,7-8H2,(H,10,11)/b4-3-. The van der Waals surface area contributed by atoms with Crippen molar-refractivity contribution in [2.45, 2.75) is 12.5 Å². The predicted octanol–water partition coefficient (Wildman–Crippen LogP) is -0.711. The molecule has 62 valence electrons. The Labute approximate surface area is 64.4 Å². The zero-order valence-corrected chi connectivity index (χ0v) is 6.03. The third-order valence-electron chi connectivity index (χ3n) is 1.14. The Bertz CT molecular complexity index is 188. The summed E-state index contributed by atoms with van der Waals surface area (Å²) in [6.07, 6.45) is 1.30. The molecule has 5 N–H and O–H groups in total. The molecule has 0 aromatic heterocycles. The molecule has 1 unspecified atom stereocenters. The van der Waals surface area contributed by atoms with Crippen LogP contribution in [0, 0.1) is 0 Å². The van der Waals surface area contributed by atoms with Gasteiger partial charge in [-0.05, 0) is 6.72 Å². The van der Waals surface area contributed by atoms with E-state index in [4.69, 9.17) is 16.6 Å². The fourth-order valence-electron chi connectivity index (χ4n) is 0.498. The summed E-state index contributed by atoms with van der Waals surface area (Å²) in [4.78, 5) is 13.7. The molecule has 5 nitrogen and oxygen atoms in total. The third-order valence-corrected chi connectivity index (χ3v) is 1.14. The Morgan fingerprint density at radius 1 is 1.82 bits per heavy atom. The summed E-state index contributed by atoms with van der Waals surface area (Å²) in [5.41, 5.74) is 10.7. The van der Waals surface area contributed by atoms with Crippen molar-refractivity contribution in [1.82, 2.24) is 0 Å². The van der Waals surface area contributed by atoms with Crippen LogP contribution < -0.4 is 11.5 Å². The highest BCUT2D eigenvalue weighted by molar-refractivity contribution is 5.73. The molecule has 0 aromatic carbocycles. The van der Waals surface area contributed by atoms with Crippen molar-refractivity contribution >= 4 is 12.7 Å². The Morgan fingerprint density at radius 2 is 2.36 bits per heavy atom. The number of nitrogens with zero attached hydrogens (tertiary/aromatic N) is 1. The average Bonchev–Trinajstić information content (AvgIpc) is 1.99. The van der Waals surface area contributed by atoms with Gasteiger partial charge in [0, 0.05) is 12.6 Å². The number of carboxylic acid groups (broad SMARTS) is 1. The molecule has 0 spiro atoms. The number of hydrogen-bond donors (Lipinski definition) is 3. The molecule has 11 heavy (non-hydrogen) atoms. The fraction of sp³-hybridized carbons (Fsp3) is 0.333. The van der Waals surface area contributed by atoms with Gasteiger partial charge in [0.05, 0.1) is 5.70 Å². The Hall–Kier alpha value is -1.36. The first-order valence-electron chi connectivity index (χ1n) is 2.97. The molecule has 0 saturated heterocycles. The topological polar surface area (TPSA) is 102 Å². The molecule has 0 saturated carbocycles. The Balaban J connectivity index is 4.02. The lowest BCUT2D eigenvalue weighted by Gasteiger charge is -2.04. The van der Waals surface area contributed by atoms with Gasteiger partial charge < -0.3 is 16.6 Å². The first kappa shape index (κ1) is 9.64. The van der Waals surface area contributed by atoms with Crippen molar-refractivity contribution in [2.75, 3.05) is 0 Å². The van der Waals surface area contributed by atoms with Gasteiger partial charge in [0.25, 0.3) is 0 Å². The van der Waals surface area contributed by atoms with E-state index in [0.29, 0.717) is 5.70 Å². The zero-order chi connectivity index (χ0) is 8.85. The van der Waals surface area contributed by atoms with E-state index in [-0.39, 0.29) is 6.42 Å². The lowest BCUT2D eigenvalue weighted by atomic mass is 10.2. The third kappa shape index (κ3) is 3.36. The molecule has 0 aliphatic heterocycles. The largest absolute Gasteiger partial charge is 0.480 e. The summed E-state index contributed by atoms with van der Waals surface area (Å²) in [6, 6.07) is -0.963. The number of hydrogen-bond acceptors (Lipinski definition) is 4. The Kier molecular flexibility index (Phi) is 3.90. The van der Waals surface area contributed by atoms with Crippen molar-refractivity contribution in [3.63, 3.8) is 0 Å². The number of carboxylic acids is 1. The van der Waals surface area contributed by atoms with Crippen molar-refractivity contribution in [2.24, 2.45) is 16.5 Å². The van der Waals surface area contributed by atoms with Gasteiger partial charge in [-0.2, -0.15) is 0 Å². The minimum atomic E-state index is -1.08. The molecular formula is C6H11N3O2. The quantitative estimate of drug-likeness (QED) is 0.469. The molecular weight excluding hydrogens is 146 g/mol. The Morgan fingerprint density at radius 3 is 2.64 bits per heavy atom. The first-order chi connectivity index (χ1) is 5.11. The summed E-state index contributed by atoms with van der Waals surface area (Å²) in [6.45, 7) is 3.20. The minimum absolute atomic E-state index is 0.106. The number of nitrogens with two attached hydrogens (primary N) is 2. The number of aliphatic imine (C=N–C) groups is 1. The summed E-state index contributed by atoms with van der Waals surface area (Å²) in [7, 11) is 0. The van der Waals surface area contributed by atoms with Crippen molar-refractivity contribution in [3.8, 4) is 0 Å². The summed E-state index contributed by atoms with van der Waals surface area (Å²) in [5, 5.41) is 8.37. The maximum atomic E-state index is 10.2. The van der Waals surface area contributed by atoms with Crippen LogP contribution in [0.25, 0.3) is 0 Å². The molecule has 0 rings (SSSR count). The lowest BCUT2D eigenvalue weighted by molar-refractivity contribution is -0.138. The molecule has 0 radical (unpaired) electrons. The van der Waals surface area contributed by atoms with Gasteiger partial charge in [-0.15, -0.1) is 0 Å². The molecule has 0 heterocycles. The molecule has 0 aliphatic rings. The molecule has 0 aromatic rings. The molecule has 0 aliphatic carbocycles. The SMILES string of the molecule is C=N/C(=C\N)CC(N)C(=O)O. The van der Waals surface area contributed by atoms with Crippen molar-refractivity contribution in [1.29, 1.82) is 0 Å². The van der Waals surface area contributed by atoms with Crippen LogP contribution in [-0.2, 0) is 4.79 Å². The molecule has 0 amide bonds. The van der Waals surface area contributed by atoms with Gasteiger partial charge in [0.15, 0.2) is 0 Å². The molecule has 0 bridgehead atoms. The van der Waals surface area contributed by atoms with E-state index < -0.39 is 12.0 Å².